The van der Waals surface area contributed by atoms with E-state index < -0.39 is 10.0 Å². The van der Waals surface area contributed by atoms with E-state index in [4.69, 9.17) is 4.74 Å². The smallest absolute Gasteiger partial charge is 0.214 e. The number of benzene rings is 1. The third-order valence-electron chi connectivity index (χ3n) is 5.00. The lowest BCUT2D eigenvalue weighted by Gasteiger charge is -2.17. The summed E-state index contributed by atoms with van der Waals surface area (Å²) in [4.78, 5) is 4.66. The first-order valence-electron chi connectivity index (χ1n) is 10.2. The van der Waals surface area contributed by atoms with E-state index in [2.05, 4.69) is 40.7 Å². The second kappa shape index (κ2) is 11.4. The normalized spacial score (nSPS) is 18.9. The molecule has 0 amide bonds. The van der Waals surface area contributed by atoms with Gasteiger partial charge in [-0.1, -0.05) is 12.1 Å². The molecule has 0 bridgehead atoms. The predicted molar refractivity (Wildman–Crippen MR) is 128 cm³/mol. The van der Waals surface area contributed by atoms with E-state index in [1.54, 1.807) is 4.31 Å². The van der Waals surface area contributed by atoms with Crippen LogP contribution in [0, 0.1) is 12.8 Å². The van der Waals surface area contributed by atoms with Crippen LogP contribution in [-0.2, 0) is 16.6 Å². The summed E-state index contributed by atoms with van der Waals surface area (Å²) in [6, 6.07) is 6.22. The number of aliphatic imine (C=N–C) groups is 1. The number of sulfonamides is 1. The van der Waals surface area contributed by atoms with Crippen molar-refractivity contribution < 1.29 is 13.2 Å². The van der Waals surface area contributed by atoms with Crippen LogP contribution in [0.1, 0.15) is 37.3 Å². The van der Waals surface area contributed by atoms with Crippen molar-refractivity contribution >= 4 is 40.0 Å². The fourth-order valence-electron chi connectivity index (χ4n) is 3.17. The minimum Gasteiger partial charge on any atom is -0.493 e. The third-order valence-corrected chi connectivity index (χ3v) is 6.96. The molecule has 3 rings (SSSR count). The lowest BCUT2D eigenvalue weighted by atomic mass is 10.1. The maximum Gasteiger partial charge on any atom is 0.214 e. The van der Waals surface area contributed by atoms with Crippen molar-refractivity contribution in [3.63, 3.8) is 0 Å². The quantitative estimate of drug-likeness (QED) is 0.288. The van der Waals surface area contributed by atoms with Crippen LogP contribution in [0.3, 0.4) is 0 Å². The maximum absolute atomic E-state index is 11.9. The van der Waals surface area contributed by atoms with Gasteiger partial charge in [0, 0.05) is 31.7 Å². The highest BCUT2D eigenvalue weighted by atomic mass is 127. The summed E-state index contributed by atoms with van der Waals surface area (Å²) in [5.74, 6) is 2.57. The van der Waals surface area contributed by atoms with Gasteiger partial charge in [0.15, 0.2) is 5.96 Å². The highest BCUT2D eigenvalue weighted by Crippen LogP contribution is 2.30. The van der Waals surface area contributed by atoms with E-state index in [9.17, 15) is 8.42 Å². The summed E-state index contributed by atoms with van der Waals surface area (Å²) in [7, 11) is -3.05. The molecule has 1 aliphatic heterocycles. The Kier molecular flexibility index (Phi) is 9.48. The molecule has 1 saturated heterocycles. The summed E-state index contributed by atoms with van der Waals surface area (Å²) in [6.07, 6.45) is 3.24. The zero-order chi connectivity index (χ0) is 20.0. The van der Waals surface area contributed by atoms with Gasteiger partial charge in [-0.3, -0.25) is 0 Å². The summed E-state index contributed by atoms with van der Waals surface area (Å²) >= 11 is 0. The molecule has 0 aromatic heterocycles. The van der Waals surface area contributed by atoms with Crippen molar-refractivity contribution in [3.05, 3.63) is 29.3 Å². The predicted octanol–water partition coefficient (Wildman–Crippen LogP) is 2.49. The summed E-state index contributed by atoms with van der Waals surface area (Å²) in [6.45, 7) is 7.72. The van der Waals surface area contributed by atoms with Crippen LogP contribution < -0.4 is 15.4 Å². The van der Waals surface area contributed by atoms with Gasteiger partial charge in [-0.05, 0) is 50.7 Å². The summed E-state index contributed by atoms with van der Waals surface area (Å²) in [5, 5.41) is 6.46. The minimum absolute atomic E-state index is 0. The van der Waals surface area contributed by atoms with Crippen LogP contribution in [0.15, 0.2) is 23.2 Å². The molecule has 9 heteroatoms. The first-order valence-corrected chi connectivity index (χ1v) is 11.8. The number of aryl methyl sites for hydroxylation is 1. The molecule has 0 unspecified atom stereocenters. The average molecular weight is 536 g/mol. The summed E-state index contributed by atoms with van der Waals surface area (Å²) < 4.78 is 31.4. The molecule has 0 atom stereocenters. The molecule has 1 heterocycles. The van der Waals surface area contributed by atoms with Gasteiger partial charge in [0.2, 0.25) is 10.0 Å². The number of ether oxygens (including phenoxy) is 1. The van der Waals surface area contributed by atoms with Gasteiger partial charge < -0.3 is 15.4 Å². The van der Waals surface area contributed by atoms with Gasteiger partial charge in [-0.15, -0.1) is 24.0 Å². The molecule has 2 aliphatic rings. The minimum atomic E-state index is -3.05. The van der Waals surface area contributed by atoms with Crippen LogP contribution in [0.5, 0.6) is 5.75 Å². The molecule has 7 nitrogen and oxygen atoms in total. The Morgan fingerprint density at radius 2 is 2.10 bits per heavy atom. The van der Waals surface area contributed by atoms with E-state index in [0.29, 0.717) is 44.5 Å². The highest BCUT2D eigenvalue weighted by molar-refractivity contribution is 14.0. The van der Waals surface area contributed by atoms with Crippen molar-refractivity contribution in [2.24, 2.45) is 10.9 Å². The molecule has 0 radical (unpaired) electrons. The molecule has 1 aromatic rings. The molecule has 1 saturated carbocycles. The third kappa shape index (κ3) is 7.60. The van der Waals surface area contributed by atoms with E-state index in [1.165, 1.54) is 18.4 Å². The number of nitrogens with zero attached hydrogens (tertiary/aromatic N) is 2. The van der Waals surface area contributed by atoms with Crippen LogP contribution >= 0.6 is 24.0 Å². The molecule has 1 aliphatic carbocycles. The average Bonchev–Trinajstić information content (AvgIpc) is 3.42. The van der Waals surface area contributed by atoms with Crippen molar-refractivity contribution in [2.45, 2.75) is 39.7 Å². The number of hydrogen-bond acceptors (Lipinski definition) is 4. The Morgan fingerprint density at radius 3 is 2.76 bits per heavy atom. The Hall–Kier alpha value is -1.07. The molecule has 164 valence electrons. The Balaban J connectivity index is 0.00000300. The number of hydrogen-bond donors (Lipinski definition) is 2. The molecular weight excluding hydrogens is 503 g/mol. The van der Waals surface area contributed by atoms with Gasteiger partial charge in [0.25, 0.3) is 0 Å². The first kappa shape index (κ1) is 24.2. The molecule has 29 heavy (non-hydrogen) atoms. The van der Waals surface area contributed by atoms with Crippen LogP contribution in [0.25, 0.3) is 0 Å². The van der Waals surface area contributed by atoms with E-state index in [-0.39, 0.29) is 29.7 Å². The molecule has 2 N–H and O–H groups in total. The largest absolute Gasteiger partial charge is 0.493 e. The highest BCUT2D eigenvalue weighted by Gasteiger charge is 2.27. The lowest BCUT2D eigenvalue weighted by Crippen LogP contribution is -2.42. The molecule has 0 spiro atoms. The molecule has 1 aromatic carbocycles. The standard InChI is InChI=1S/C20H32N4O3S.HI/c1-3-21-20(22-9-11-24-10-4-12-28(24,25)26)23-14-18-8-5-16(2)13-19(18)27-15-17-6-7-17;/h5,8,13,17H,3-4,6-7,9-12,14-15H2,1-2H3,(H2,21,22,23);1H. The molecular formula is C20H33IN4O3S. The first-order chi connectivity index (χ1) is 13.5. The lowest BCUT2D eigenvalue weighted by molar-refractivity contribution is 0.296. The van der Waals surface area contributed by atoms with Gasteiger partial charge in [-0.2, -0.15) is 0 Å². The zero-order valence-electron chi connectivity index (χ0n) is 17.3. The zero-order valence-corrected chi connectivity index (χ0v) is 20.5. The van der Waals surface area contributed by atoms with Crippen LogP contribution in [0.2, 0.25) is 0 Å². The van der Waals surface area contributed by atoms with Gasteiger partial charge >= 0.3 is 0 Å². The van der Waals surface area contributed by atoms with Gasteiger partial charge in [0.1, 0.15) is 5.75 Å². The Labute approximate surface area is 191 Å². The number of halogens is 1. The molecule has 2 fully saturated rings. The fourth-order valence-corrected chi connectivity index (χ4v) is 4.70. The Bertz CT molecular complexity index is 797. The summed E-state index contributed by atoms with van der Waals surface area (Å²) in [5.41, 5.74) is 2.24. The van der Waals surface area contributed by atoms with Crippen molar-refractivity contribution in [1.82, 2.24) is 14.9 Å². The monoisotopic (exact) mass is 536 g/mol. The van der Waals surface area contributed by atoms with Crippen LogP contribution in [-0.4, -0.2) is 57.2 Å². The number of rotatable bonds is 9. The maximum atomic E-state index is 11.9. The van der Waals surface area contributed by atoms with Crippen LogP contribution in [0.4, 0.5) is 0 Å². The topological polar surface area (TPSA) is 83.0 Å². The second-order valence-electron chi connectivity index (χ2n) is 7.56. The Morgan fingerprint density at radius 1 is 1.31 bits per heavy atom. The van der Waals surface area contributed by atoms with Crippen molar-refractivity contribution in [3.8, 4) is 5.75 Å². The fraction of sp³-hybridized carbons (Fsp3) is 0.650. The number of guanidine groups is 1. The van der Waals surface area contributed by atoms with Gasteiger partial charge in [-0.25, -0.2) is 17.7 Å². The number of nitrogens with one attached hydrogen (secondary N) is 2. The van der Waals surface area contributed by atoms with E-state index >= 15 is 0 Å². The second-order valence-corrected chi connectivity index (χ2v) is 9.64. The van der Waals surface area contributed by atoms with E-state index in [0.717, 1.165) is 24.5 Å². The van der Waals surface area contributed by atoms with Crippen molar-refractivity contribution in [1.29, 1.82) is 0 Å². The SMILES string of the molecule is CCNC(=NCc1ccc(C)cc1OCC1CC1)NCCN1CCCS1(=O)=O.I. The van der Waals surface area contributed by atoms with Crippen molar-refractivity contribution in [2.75, 3.05) is 38.5 Å². The van der Waals surface area contributed by atoms with E-state index in [1.807, 2.05) is 6.92 Å². The van der Waals surface area contributed by atoms with Gasteiger partial charge in [0.05, 0.1) is 18.9 Å².